The number of carbonyl (C=O) groups is 1. The van der Waals surface area contributed by atoms with Gasteiger partial charge in [-0.05, 0) is 43.2 Å². The van der Waals surface area contributed by atoms with Crippen LogP contribution in [0.3, 0.4) is 0 Å². The maximum Gasteiger partial charge on any atom is 0.258 e. The molecule has 4 rings (SSSR count). The number of fused-ring (bicyclic) bond motifs is 1. The number of amides is 1. The summed E-state index contributed by atoms with van der Waals surface area (Å²) in [6, 6.07) is 8.22. The number of benzene rings is 2. The molecule has 0 atom stereocenters. The van der Waals surface area contributed by atoms with E-state index in [0.717, 1.165) is 6.07 Å². The van der Waals surface area contributed by atoms with Gasteiger partial charge in [-0.15, -0.1) is 0 Å². The molecule has 162 valence electrons. The minimum atomic E-state index is -3.68. The molecule has 0 bridgehead atoms. The first kappa shape index (κ1) is 21.4. The summed E-state index contributed by atoms with van der Waals surface area (Å²) in [7, 11) is -3.68. The molecule has 0 aliphatic carbocycles. The standard InChI is InChI=1S/C20H18ClFN4O4S/c21-13-1-3-14(4-2-13)31(29,30)26-7-5-12(6-8-26)19(27)25-18-9-15-17(10-16(18)22)23-11-24-20(15)28/h1-4,9-12H,5-8H2,(H,25,27)(H,23,24,28). The quantitative estimate of drug-likeness (QED) is 0.616. The van der Waals surface area contributed by atoms with E-state index in [-0.39, 0.29) is 47.4 Å². The van der Waals surface area contributed by atoms with E-state index in [2.05, 4.69) is 15.3 Å². The van der Waals surface area contributed by atoms with Crippen molar-refractivity contribution in [1.29, 1.82) is 0 Å². The smallest absolute Gasteiger partial charge is 0.258 e. The minimum Gasteiger partial charge on any atom is -0.323 e. The van der Waals surface area contributed by atoms with Crippen LogP contribution in [-0.2, 0) is 14.8 Å². The third kappa shape index (κ3) is 4.32. The van der Waals surface area contributed by atoms with Crippen molar-refractivity contribution in [2.45, 2.75) is 17.7 Å². The van der Waals surface area contributed by atoms with Gasteiger partial charge in [0.1, 0.15) is 5.82 Å². The lowest BCUT2D eigenvalue weighted by Crippen LogP contribution is -2.41. The van der Waals surface area contributed by atoms with Gasteiger partial charge in [0.15, 0.2) is 0 Å². The molecule has 1 saturated heterocycles. The second kappa shape index (κ2) is 8.37. The fraction of sp³-hybridized carbons (Fsp3) is 0.250. The van der Waals surface area contributed by atoms with Gasteiger partial charge in [0.05, 0.1) is 27.8 Å². The molecule has 2 N–H and O–H groups in total. The molecule has 8 nitrogen and oxygen atoms in total. The lowest BCUT2D eigenvalue weighted by Gasteiger charge is -2.30. The number of aromatic nitrogens is 2. The topological polar surface area (TPSA) is 112 Å². The van der Waals surface area contributed by atoms with Crippen molar-refractivity contribution in [2.24, 2.45) is 5.92 Å². The highest BCUT2D eigenvalue weighted by Gasteiger charge is 2.32. The number of hydrogen-bond donors (Lipinski definition) is 2. The Bertz CT molecular complexity index is 1300. The Morgan fingerprint density at radius 1 is 1.19 bits per heavy atom. The number of nitrogens with zero attached hydrogens (tertiary/aromatic N) is 2. The number of piperidine rings is 1. The van der Waals surface area contributed by atoms with Gasteiger partial charge in [0.25, 0.3) is 5.56 Å². The number of sulfonamides is 1. The van der Waals surface area contributed by atoms with Crippen molar-refractivity contribution in [3.05, 3.63) is 63.9 Å². The summed E-state index contributed by atoms with van der Waals surface area (Å²) < 4.78 is 41.2. The fourth-order valence-electron chi connectivity index (χ4n) is 3.53. The first-order valence-electron chi connectivity index (χ1n) is 9.49. The van der Waals surface area contributed by atoms with Gasteiger partial charge < -0.3 is 10.3 Å². The zero-order chi connectivity index (χ0) is 22.2. The highest BCUT2D eigenvalue weighted by atomic mass is 35.5. The average molecular weight is 465 g/mol. The second-order valence-electron chi connectivity index (χ2n) is 7.20. The predicted octanol–water partition coefficient (Wildman–Crippen LogP) is 2.76. The van der Waals surface area contributed by atoms with Crippen LogP contribution < -0.4 is 10.9 Å². The number of carbonyl (C=O) groups excluding carboxylic acids is 1. The zero-order valence-electron chi connectivity index (χ0n) is 16.1. The van der Waals surface area contributed by atoms with E-state index in [1.54, 1.807) is 0 Å². The molecule has 1 fully saturated rings. The van der Waals surface area contributed by atoms with Crippen LogP contribution in [0.1, 0.15) is 12.8 Å². The van der Waals surface area contributed by atoms with Crippen LogP contribution in [0, 0.1) is 11.7 Å². The summed E-state index contributed by atoms with van der Waals surface area (Å²) in [5.74, 6) is -1.62. The summed E-state index contributed by atoms with van der Waals surface area (Å²) in [5.41, 5.74) is -0.381. The molecular weight excluding hydrogens is 447 g/mol. The third-order valence-corrected chi connectivity index (χ3v) is 7.43. The largest absolute Gasteiger partial charge is 0.323 e. The molecule has 2 heterocycles. The van der Waals surface area contributed by atoms with Crippen molar-refractivity contribution >= 4 is 44.1 Å². The fourth-order valence-corrected chi connectivity index (χ4v) is 5.13. The predicted molar refractivity (Wildman–Crippen MR) is 114 cm³/mol. The van der Waals surface area contributed by atoms with Gasteiger partial charge in [-0.2, -0.15) is 4.31 Å². The van der Waals surface area contributed by atoms with Gasteiger partial charge in [-0.3, -0.25) is 9.59 Å². The molecule has 1 amide bonds. The number of hydrogen-bond acceptors (Lipinski definition) is 5. The van der Waals surface area contributed by atoms with E-state index in [1.807, 2.05) is 0 Å². The first-order valence-corrected chi connectivity index (χ1v) is 11.3. The van der Waals surface area contributed by atoms with Crippen LogP contribution in [0.25, 0.3) is 10.9 Å². The number of anilines is 1. The van der Waals surface area contributed by atoms with E-state index < -0.39 is 33.2 Å². The molecule has 1 aliphatic rings. The lowest BCUT2D eigenvalue weighted by atomic mass is 9.97. The molecule has 0 saturated carbocycles. The first-order chi connectivity index (χ1) is 14.8. The number of rotatable bonds is 4. The molecule has 2 aromatic carbocycles. The van der Waals surface area contributed by atoms with Crippen LogP contribution in [0.2, 0.25) is 5.02 Å². The summed E-state index contributed by atoms with van der Waals surface area (Å²) in [4.78, 5) is 31.0. The molecule has 3 aromatic rings. The van der Waals surface area contributed by atoms with Crippen molar-refractivity contribution in [3.63, 3.8) is 0 Å². The Hall–Kier alpha value is -2.82. The van der Waals surface area contributed by atoms with Gasteiger partial charge in [-0.25, -0.2) is 17.8 Å². The number of H-pyrrole nitrogens is 1. The van der Waals surface area contributed by atoms with Crippen LogP contribution in [0.5, 0.6) is 0 Å². The minimum absolute atomic E-state index is 0.118. The molecule has 1 aliphatic heterocycles. The molecule has 31 heavy (non-hydrogen) atoms. The van der Waals surface area contributed by atoms with Gasteiger partial charge >= 0.3 is 0 Å². The molecule has 11 heteroatoms. The summed E-state index contributed by atoms with van der Waals surface area (Å²) in [5, 5.41) is 3.11. The maximum absolute atomic E-state index is 14.3. The highest BCUT2D eigenvalue weighted by Crippen LogP contribution is 2.26. The molecular formula is C20H18ClFN4O4S. The van der Waals surface area contributed by atoms with Gasteiger partial charge in [0.2, 0.25) is 15.9 Å². The number of halogens is 2. The summed E-state index contributed by atoms with van der Waals surface area (Å²) in [6.45, 7) is 0.319. The lowest BCUT2D eigenvalue weighted by molar-refractivity contribution is -0.120. The van der Waals surface area contributed by atoms with Gasteiger partial charge in [0, 0.05) is 30.1 Å². The van der Waals surface area contributed by atoms with Crippen LogP contribution in [0.4, 0.5) is 10.1 Å². The van der Waals surface area contributed by atoms with Crippen molar-refractivity contribution < 1.29 is 17.6 Å². The monoisotopic (exact) mass is 464 g/mol. The normalized spacial score (nSPS) is 15.8. The molecule has 0 unspecified atom stereocenters. The van der Waals surface area contributed by atoms with E-state index in [1.165, 1.54) is 41.0 Å². The Morgan fingerprint density at radius 3 is 2.55 bits per heavy atom. The van der Waals surface area contributed by atoms with Crippen molar-refractivity contribution in [1.82, 2.24) is 14.3 Å². The van der Waals surface area contributed by atoms with Crippen molar-refractivity contribution in [3.8, 4) is 0 Å². The third-order valence-electron chi connectivity index (χ3n) is 5.26. The highest BCUT2D eigenvalue weighted by molar-refractivity contribution is 7.89. The van der Waals surface area contributed by atoms with Crippen LogP contribution in [-0.4, -0.2) is 41.7 Å². The Labute approximate surface area is 182 Å². The average Bonchev–Trinajstić information content (AvgIpc) is 2.75. The van der Waals surface area contributed by atoms with Crippen molar-refractivity contribution in [2.75, 3.05) is 18.4 Å². The van der Waals surface area contributed by atoms with E-state index in [0.29, 0.717) is 5.02 Å². The number of aromatic amines is 1. The van der Waals surface area contributed by atoms with E-state index in [4.69, 9.17) is 11.6 Å². The molecule has 0 spiro atoms. The zero-order valence-corrected chi connectivity index (χ0v) is 17.7. The van der Waals surface area contributed by atoms with E-state index >= 15 is 0 Å². The van der Waals surface area contributed by atoms with Crippen LogP contribution in [0.15, 0.2) is 52.4 Å². The molecule has 1 aromatic heterocycles. The SMILES string of the molecule is O=C(Nc1cc2c(=O)[nH]cnc2cc1F)C1CCN(S(=O)(=O)c2ccc(Cl)cc2)CC1. The maximum atomic E-state index is 14.3. The Kier molecular flexibility index (Phi) is 5.78. The summed E-state index contributed by atoms with van der Waals surface area (Å²) >= 11 is 5.82. The Balaban J connectivity index is 1.45. The molecule has 0 radical (unpaired) electrons. The van der Waals surface area contributed by atoms with Crippen LogP contribution >= 0.6 is 11.6 Å². The Morgan fingerprint density at radius 2 is 1.87 bits per heavy atom. The second-order valence-corrected chi connectivity index (χ2v) is 9.58. The van der Waals surface area contributed by atoms with Gasteiger partial charge in [-0.1, -0.05) is 11.6 Å². The summed E-state index contributed by atoms with van der Waals surface area (Å²) in [6.07, 6.45) is 1.75. The van der Waals surface area contributed by atoms with E-state index in [9.17, 15) is 22.4 Å². The number of nitrogens with one attached hydrogen (secondary N) is 2.